The van der Waals surface area contributed by atoms with Gasteiger partial charge in [-0.2, -0.15) is 0 Å². The van der Waals surface area contributed by atoms with E-state index in [1.54, 1.807) is 0 Å². The molecule has 0 aliphatic carbocycles. The molecule has 0 radical (unpaired) electrons. The van der Waals surface area contributed by atoms with Crippen LogP contribution in [0.3, 0.4) is 0 Å². The molecule has 4 rings (SSSR count). The first kappa shape index (κ1) is 21.2. The maximum atomic E-state index is 12.9. The molecule has 0 spiro atoms. The van der Waals surface area contributed by atoms with Crippen LogP contribution in [0.1, 0.15) is 16.7 Å². The van der Waals surface area contributed by atoms with Crippen molar-refractivity contribution in [2.24, 2.45) is 0 Å². The first-order valence-corrected chi connectivity index (χ1v) is 10.8. The van der Waals surface area contributed by atoms with Crippen LogP contribution in [-0.4, -0.2) is 62.1 Å². The van der Waals surface area contributed by atoms with Crippen LogP contribution in [-0.2, 0) is 9.59 Å². The van der Waals surface area contributed by atoms with Crippen molar-refractivity contribution in [1.29, 1.82) is 0 Å². The summed E-state index contributed by atoms with van der Waals surface area (Å²) in [5.74, 6) is 1.23. The van der Waals surface area contributed by atoms with Gasteiger partial charge in [0.05, 0.1) is 26.2 Å². The quantitative estimate of drug-likeness (QED) is 0.772. The predicted molar refractivity (Wildman–Crippen MR) is 118 cm³/mol. The number of piperazine rings is 1. The molecule has 2 aromatic rings. The summed E-state index contributed by atoms with van der Waals surface area (Å²) in [5, 5.41) is 3.07. The molecule has 1 atom stereocenters. The lowest BCUT2D eigenvalue weighted by Crippen LogP contribution is -3.15. The van der Waals surface area contributed by atoms with Crippen molar-refractivity contribution in [2.75, 3.05) is 44.6 Å². The number of quaternary nitrogens is 1. The largest absolute Gasteiger partial charge is 0.485 e. The summed E-state index contributed by atoms with van der Waals surface area (Å²) in [5.41, 5.74) is 4.24. The molecule has 1 fully saturated rings. The highest BCUT2D eigenvalue weighted by atomic mass is 16.6. The summed E-state index contributed by atoms with van der Waals surface area (Å²) in [7, 11) is 0. The van der Waals surface area contributed by atoms with Crippen LogP contribution >= 0.6 is 0 Å². The van der Waals surface area contributed by atoms with Crippen LogP contribution in [0.25, 0.3) is 0 Å². The zero-order valence-electron chi connectivity index (χ0n) is 18.4. The minimum Gasteiger partial charge on any atom is -0.485 e. The number of rotatable bonds is 4. The number of para-hydroxylation sites is 2. The Morgan fingerprint density at radius 3 is 2.39 bits per heavy atom. The van der Waals surface area contributed by atoms with Gasteiger partial charge in [-0.3, -0.25) is 9.59 Å². The Labute approximate surface area is 182 Å². The van der Waals surface area contributed by atoms with Crippen LogP contribution in [0.5, 0.6) is 11.5 Å². The number of amides is 2. The van der Waals surface area contributed by atoms with E-state index >= 15 is 0 Å². The van der Waals surface area contributed by atoms with E-state index in [2.05, 4.69) is 24.4 Å². The second kappa shape index (κ2) is 8.98. The molecule has 0 aromatic heterocycles. The molecule has 0 saturated carbocycles. The summed E-state index contributed by atoms with van der Waals surface area (Å²) < 4.78 is 11.5. The molecular weight excluding hydrogens is 394 g/mol. The zero-order valence-corrected chi connectivity index (χ0v) is 18.4. The molecule has 164 valence electrons. The highest BCUT2D eigenvalue weighted by Gasteiger charge is 2.34. The van der Waals surface area contributed by atoms with Gasteiger partial charge in [-0.15, -0.1) is 0 Å². The number of carbonyl (C=O) groups excluding carboxylic acids is 2. The number of anilines is 1. The molecule has 7 heteroatoms. The van der Waals surface area contributed by atoms with E-state index in [9.17, 15) is 9.59 Å². The third-order valence-corrected chi connectivity index (χ3v) is 5.92. The number of nitrogens with zero attached hydrogens (tertiary/aromatic N) is 1. The standard InChI is InChI=1S/C24H29N3O4/c1-16-12-17(2)23(18(3)13-16)25-22(28)14-26-8-10-27(11-9-26)24(29)21-15-30-19-6-4-5-7-20(19)31-21/h4-7,12-13,21H,8-11,14-15H2,1-3H3,(H,25,28)/p+1/t21-/m0/s1. The van der Waals surface area contributed by atoms with Crippen molar-refractivity contribution in [3.63, 3.8) is 0 Å². The van der Waals surface area contributed by atoms with E-state index < -0.39 is 6.10 Å². The summed E-state index contributed by atoms with van der Waals surface area (Å²) in [6.07, 6.45) is -0.618. The Balaban J connectivity index is 1.27. The number of benzene rings is 2. The van der Waals surface area contributed by atoms with Gasteiger partial charge in [0.15, 0.2) is 18.0 Å². The van der Waals surface area contributed by atoms with Gasteiger partial charge in [-0.25, -0.2) is 0 Å². The first-order chi connectivity index (χ1) is 14.9. The van der Waals surface area contributed by atoms with Crippen molar-refractivity contribution in [2.45, 2.75) is 26.9 Å². The number of nitrogens with one attached hydrogen (secondary N) is 2. The normalized spacial score (nSPS) is 18.5. The molecule has 2 aliphatic heterocycles. The summed E-state index contributed by atoms with van der Waals surface area (Å²) in [6, 6.07) is 11.5. The highest BCUT2D eigenvalue weighted by Crippen LogP contribution is 2.31. The Morgan fingerprint density at radius 2 is 1.71 bits per heavy atom. The number of aryl methyl sites for hydroxylation is 3. The molecular formula is C24H30N3O4+. The fourth-order valence-corrected chi connectivity index (χ4v) is 4.35. The van der Waals surface area contributed by atoms with E-state index in [-0.39, 0.29) is 18.4 Å². The molecule has 0 bridgehead atoms. The molecule has 2 aromatic carbocycles. The first-order valence-electron chi connectivity index (χ1n) is 10.8. The minimum absolute atomic E-state index is 0.00505. The fourth-order valence-electron chi connectivity index (χ4n) is 4.35. The topological polar surface area (TPSA) is 72.3 Å². The molecule has 2 aliphatic rings. The summed E-state index contributed by atoms with van der Waals surface area (Å²) in [6.45, 7) is 9.37. The number of hydrogen-bond acceptors (Lipinski definition) is 4. The van der Waals surface area contributed by atoms with E-state index in [0.717, 1.165) is 29.9 Å². The maximum absolute atomic E-state index is 12.9. The Kier molecular flexibility index (Phi) is 6.13. The van der Waals surface area contributed by atoms with Gasteiger partial charge in [0.2, 0.25) is 6.10 Å². The van der Waals surface area contributed by atoms with Crippen LogP contribution in [0.2, 0.25) is 0 Å². The number of hydrogen-bond donors (Lipinski definition) is 2. The van der Waals surface area contributed by atoms with Crippen LogP contribution in [0.4, 0.5) is 5.69 Å². The molecule has 2 heterocycles. The fraction of sp³-hybridized carbons (Fsp3) is 0.417. The smallest absolute Gasteiger partial charge is 0.279 e. The Hall–Kier alpha value is -3.06. The second-order valence-corrected chi connectivity index (χ2v) is 8.44. The van der Waals surface area contributed by atoms with Gasteiger partial charge in [0.25, 0.3) is 11.8 Å². The molecule has 0 unspecified atom stereocenters. The molecule has 2 amide bonds. The van der Waals surface area contributed by atoms with Crippen LogP contribution in [0, 0.1) is 20.8 Å². The molecule has 2 N–H and O–H groups in total. The average Bonchev–Trinajstić information content (AvgIpc) is 2.76. The third kappa shape index (κ3) is 4.82. The summed E-state index contributed by atoms with van der Waals surface area (Å²) >= 11 is 0. The predicted octanol–water partition coefficient (Wildman–Crippen LogP) is 1.12. The van der Waals surface area contributed by atoms with Gasteiger partial charge < -0.3 is 24.6 Å². The number of ether oxygens (including phenoxy) is 2. The van der Waals surface area contributed by atoms with Gasteiger partial charge in [-0.1, -0.05) is 29.8 Å². The third-order valence-electron chi connectivity index (χ3n) is 5.92. The average molecular weight is 425 g/mol. The molecule has 31 heavy (non-hydrogen) atoms. The van der Waals surface area contributed by atoms with Gasteiger partial charge in [0.1, 0.15) is 6.61 Å². The minimum atomic E-state index is -0.618. The summed E-state index contributed by atoms with van der Waals surface area (Å²) in [4.78, 5) is 28.5. The van der Waals surface area contributed by atoms with Crippen molar-refractivity contribution < 1.29 is 24.0 Å². The monoisotopic (exact) mass is 424 g/mol. The molecule has 1 saturated heterocycles. The second-order valence-electron chi connectivity index (χ2n) is 8.44. The van der Waals surface area contributed by atoms with Gasteiger partial charge in [-0.05, 0) is 44.0 Å². The van der Waals surface area contributed by atoms with E-state index in [0.29, 0.717) is 31.1 Å². The lowest BCUT2D eigenvalue weighted by Gasteiger charge is -2.35. The van der Waals surface area contributed by atoms with E-state index in [1.165, 1.54) is 10.5 Å². The van der Waals surface area contributed by atoms with Gasteiger partial charge in [0, 0.05) is 5.69 Å². The Bertz CT molecular complexity index is 960. The van der Waals surface area contributed by atoms with E-state index in [1.807, 2.05) is 43.0 Å². The lowest BCUT2D eigenvalue weighted by atomic mass is 10.1. The number of carbonyl (C=O) groups is 2. The van der Waals surface area contributed by atoms with Crippen LogP contribution < -0.4 is 19.7 Å². The lowest BCUT2D eigenvalue weighted by molar-refractivity contribution is -0.895. The van der Waals surface area contributed by atoms with Crippen molar-refractivity contribution >= 4 is 17.5 Å². The SMILES string of the molecule is Cc1cc(C)c(NC(=O)C[NH+]2CCN(C(=O)[C@@H]3COc4ccccc4O3)CC2)c(C)c1. The Morgan fingerprint density at radius 1 is 1.06 bits per heavy atom. The van der Waals surface area contributed by atoms with E-state index in [4.69, 9.17) is 9.47 Å². The van der Waals surface area contributed by atoms with Gasteiger partial charge >= 0.3 is 0 Å². The van der Waals surface area contributed by atoms with Crippen molar-refractivity contribution in [1.82, 2.24) is 4.90 Å². The van der Waals surface area contributed by atoms with Crippen molar-refractivity contribution in [3.8, 4) is 11.5 Å². The van der Waals surface area contributed by atoms with Crippen LogP contribution in [0.15, 0.2) is 36.4 Å². The highest BCUT2D eigenvalue weighted by molar-refractivity contribution is 5.93. The van der Waals surface area contributed by atoms with Crippen molar-refractivity contribution in [3.05, 3.63) is 53.1 Å². The zero-order chi connectivity index (χ0) is 22.0. The molecule has 7 nitrogen and oxygen atoms in total. The number of fused-ring (bicyclic) bond motifs is 1. The maximum Gasteiger partial charge on any atom is 0.279 e.